The Kier molecular flexibility index (Phi) is 7.10. The number of hydrogen-bond acceptors (Lipinski definition) is 2. The summed E-state index contributed by atoms with van der Waals surface area (Å²) in [4.78, 5) is 11.9. The summed E-state index contributed by atoms with van der Waals surface area (Å²) in [6, 6.07) is 8.00. The number of halogens is 1. The van der Waals surface area contributed by atoms with Crippen molar-refractivity contribution in [3.05, 3.63) is 34.3 Å². The molecule has 0 saturated carbocycles. The number of carbonyl (C=O) groups is 1. The van der Waals surface area contributed by atoms with Crippen molar-refractivity contribution >= 4 is 21.8 Å². The van der Waals surface area contributed by atoms with Gasteiger partial charge in [0.25, 0.3) is 0 Å². The van der Waals surface area contributed by atoms with E-state index in [0.29, 0.717) is 0 Å². The predicted octanol–water partition coefficient (Wildman–Crippen LogP) is 3.40. The molecule has 0 aliphatic heterocycles. The van der Waals surface area contributed by atoms with Crippen LogP contribution in [0.1, 0.15) is 45.2 Å². The third-order valence-corrected chi connectivity index (χ3v) is 3.82. The Bertz CT molecular complexity index is 409. The van der Waals surface area contributed by atoms with Gasteiger partial charge in [0.15, 0.2) is 0 Å². The van der Waals surface area contributed by atoms with E-state index in [4.69, 9.17) is 0 Å². The van der Waals surface area contributed by atoms with Gasteiger partial charge in [0.2, 0.25) is 5.91 Å². The molecule has 1 unspecified atom stereocenters. The molecule has 1 rings (SSSR count). The van der Waals surface area contributed by atoms with Crippen LogP contribution in [0.25, 0.3) is 0 Å². The first kappa shape index (κ1) is 16.2. The lowest BCUT2D eigenvalue weighted by Gasteiger charge is -2.20. The third kappa shape index (κ3) is 5.33. The van der Waals surface area contributed by atoms with Gasteiger partial charge >= 0.3 is 0 Å². The van der Waals surface area contributed by atoms with Crippen molar-refractivity contribution in [1.29, 1.82) is 0 Å². The highest BCUT2D eigenvalue weighted by Crippen LogP contribution is 2.22. The standard InChI is InChI=1S/C15H23BrN2O/c1-4-5-10-17-15(19)12(3)18-11(2)13-8-6-7-9-14(13)16/h6-9,11-12,18H,4-5,10H2,1-3H3,(H,17,19)/t11-,12?/m1/s1. The van der Waals surface area contributed by atoms with Crippen LogP contribution < -0.4 is 10.6 Å². The Hall–Kier alpha value is -0.870. The van der Waals surface area contributed by atoms with E-state index in [1.54, 1.807) is 0 Å². The molecule has 19 heavy (non-hydrogen) atoms. The van der Waals surface area contributed by atoms with Gasteiger partial charge < -0.3 is 5.32 Å². The van der Waals surface area contributed by atoms with Crippen molar-refractivity contribution in [3.8, 4) is 0 Å². The van der Waals surface area contributed by atoms with Crippen LogP contribution in [0, 0.1) is 0 Å². The van der Waals surface area contributed by atoms with E-state index in [1.165, 1.54) is 0 Å². The second-order valence-corrected chi connectivity index (χ2v) is 5.63. The summed E-state index contributed by atoms with van der Waals surface area (Å²) < 4.78 is 1.06. The zero-order valence-corrected chi connectivity index (χ0v) is 13.5. The molecule has 0 aromatic heterocycles. The molecule has 0 radical (unpaired) electrons. The lowest BCUT2D eigenvalue weighted by atomic mass is 10.1. The fourth-order valence-electron chi connectivity index (χ4n) is 1.91. The Morgan fingerprint density at radius 1 is 1.32 bits per heavy atom. The molecule has 1 aromatic rings. The van der Waals surface area contributed by atoms with Crippen LogP contribution in [0.15, 0.2) is 28.7 Å². The summed E-state index contributed by atoms with van der Waals surface area (Å²) in [7, 11) is 0. The number of rotatable bonds is 7. The van der Waals surface area contributed by atoms with Crippen molar-refractivity contribution in [1.82, 2.24) is 10.6 Å². The van der Waals surface area contributed by atoms with Gasteiger partial charge in [-0.1, -0.05) is 47.5 Å². The number of carbonyl (C=O) groups excluding carboxylic acids is 1. The van der Waals surface area contributed by atoms with E-state index >= 15 is 0 Å². The summed E-state index contributed by atoms with van der Waals surface area (Å²) in [5.41, 5.74) is 1.16. The minimum atomic E-state index is -0.195. The average Bonchev–Trinajstić information content (AvgIpc) is 2.39. The quantitative estimate of drug-likeness (QED) is 0.754. The van der Waals surface area contributed by atoms with E-state index in [9.17, 15) is 4.79 Å². The van der Waals surface area contributed by atoms with Gasteiger partial charge in [0.1, 0.15) is 0 Å². The molecule has 0 fully saturated rings. The first-order valence-electron chi connectivity index (χ1n) is 6.84. The molecule has 2 atom stereocenters. The van der Waals surface area contributed by atoms with Crippen LogP contribution in [0.2, 0.25) is 0 Å². The van der Waals surface area contributed by atoms with Crippen LogP contribution >= 0.6 is 15.9 Å². The molecule has 4 heteroatoms. The smallest absolute Gasteiger partial charge is 0.236 e. The first-order valence-corrected chi connectivity index (χ1v) is 7.63. The predicted molar refractivity (Wildman–Crippen MR) is 83.1 cm³/mol. The van der Waals surface area contributed by atoms with Gasteiger partial charge in [-0.3, -0.25) is 10.1 Å². The molecule has 0 spiro atoms. The Labute approximate surface area is 124 Å². The second-order valence-electron chi connectivity index (χ2n) is 4.78. The van der Waals surface area contributed by atoms with E-state index in [-0.39, 0.29) is 18.0 Å². The lowest BCUT2D eigenvalue weighted by Crippen LogP contribution is -2.43. The third-order valence-electron chi connectivity index (χ3n) is 3.09. The SMILES string of the molecule is CCCCNC(=O)C(C)N[C@H](C)c1ccccc1Br. The monoisotopic (exact) mass is 326 g/mol. The molecule has 3 nitrogen and oxygen atoms in total. The molecule has 1 amide bonds. The van der Waals surface area contributed by atoms with Crippen LogP contribution in [0.4, 0.5) is 0 Å². The average molecular weight is 327 g/mol. The van der Waals surface area contributed by atoms with Crippen molar-refractivity contribution in [2.24, 2.45) is 0 Å². The van der Waals surface area contributed by atoms with E-state index in [2.05, 4.69) is 46.5 Å². The van der Waals surface area contributed by atoms with Gasteiger partial charge in [-0.05, 0) is 31.9 Å². The summed E-state index contributed by atoms with van der Waals surface area (Å²) in [5, 5.41) is 6.26. The first-order chi connectivity index (χ1) is 9.06. The van der Waals surface area contributed by atoms with E-state index in [1.807, 2.05) is 25.1 Å². The summed E-state index contributed by atoms with van der Waals surface area (Å²) in [5.74, 6) is 0.0624. The number of hydrogen-bond donors (Lipinski definition) is 2. The van der Waals surface area contributed by atoms with Gasteiger partial charge in [-0.25, -0.2) is 0 Å². The maximum Gasteiger partial charge on any atom is 0.236 e. The summed E-state index contributed by atoms with van der Waals surface area (Å²) in [6.45, 7) is 6.83. The van der Waals surface area contributed by atoms with Crippen LogP contribution in [0.3, 0.4) is 0 Å². The molecular weight excluding hydrogens is 304 g/mol. The van der Waals surface area contributed by atoms with Crippen LogP contribution in [0.5, 0.6) is 0 Å². The maximum absolute atomic E-state index is 11.9. The van der Waals surface area contributed by atoms with Crippen molar-refractivity contribution in [3.63, 3.8) is 0 Å². The summed E-state index contributed by atoms with van der Waals surface area (Å²) in [6.07, 6.45) is 2.12. The highest BCUT2D eigenvalue weighted by Gasteiger charge is 2.16. The van der Waals surface area contributed by atoms with Crippen molar-refractivity contribution in [2.45, 2.75) is 45.7 Å². The normalized spacial score (nSPS) is 13.9. The Morgan fingerprint density at radius 2 is 2.00 bits per heavy atom. The van der Waals surface area contributed by atoms with Crippen molar-refractivity contribution in [2.75, 3.05) is 6.54 Å². The minimum absolute atomic E-state index is 0.0624. The molecular formula is C15H23BrN2O. The van der Waals surface area contributed by atoms with Crippen molar-refractivity contribution < 1.29 is 4.79 Å². The molecule has 0 bridgehead atoms. The van der Waals surface area contributed by atoms with Gasteiger partial charge in [-0.15, -0.1) is 0 Å². The molecule has 0 heterocycles. The zero-order chi connectivity index (χ0) is 14.3. The van der Waals surface area contributed by atoms with E-state index < -0.39 is 0 Å². The highest BCUT2D eigenvalue weighted by atomic mass is 79.9. The summed E-state index contributed by atoms with van der Waals surface area (Å²) >= 11 is 3.53. The van der Waals surface area contributed by atoms with Crippen LogP contribution in [-0.4, -0.2) is 18.5 Å². The Morgan fingerprint density at radius 3 is 2.63 bits per heavy atom. The zero-order valence-electron chi connectivity index (χ0n) is 11.9. The number of amides is 1. The van der Waals surface area contributed by atoms with E-state index in [0.717, 1.165) is 29.4 Å². The molecule has 0 saturated heterocycles. The topological polar surface area (TPSA) is 41.1 Å². The number of benzene rings is 1. The van der Waals surface area contributed by atoms with Gasteiger partial charge in [0, 0.05) is 17.1 Å². The second kappa shape index (κ2) is 8.33. The minimum Gasteiger partial charge on any atom is -0.355 e. The highest BCUT2D eigenvalue weighted by molar-refractivity contribution is 9.10. The van der Waals surface area contributed by atoms with Gasteiger partial charge in [-0.2, -0.15) is 0 Å². The molecule has 2 N–H and O–H groups in total. The fraction of sp³-hybridized carbons (Fsp3) is 0.533. The van der Waals surface area contributed by atoms with Gasteiger partial charge in [0.05, 0.1) is 6.04 Å². The van der Waals surface area contributed by atoms with Crippen LogP contribution in [-0.2, 0) is 4.79 Å². The molecule has 0 aliphatic carbocycles. The maximum atomic E-state index is 11.9. The number of nitrogens with one attached hydrogen (secondary N) is 2. The lowest BCUT2D eigenvalue weighted by molar-refractivity contribution is -0.122. The Balaban J connectivity index is 2.50. The number of unbranched alkanes of at least 4 members (excludes halogenated alkanes) is 1. The molecule has 0 aliphatic rings. The molecule has 1 aromatic carbocycles. The fourth-order valence-corrected chi connectivity index (χ4v) is 2.54. The molecule has 106 valence electrons. The largest absolute Gasteiger partial charge is 0.355 e.